The highest BCUT2D eigenvalue weighted by Crippen LogP contribution is 2.25. The van der Waals surface area contributed by atoms with Crippen LogP contribution in [0.5, 0.6) is 0 Å². The van der Waals surface area contributed by atoms with Crippen molar-refractivity contribution in [2.24, 2.45) is 0 Å². The number of hydrogen-bond donors (Lipinski definition) is 1. The third kappa shape index (κ3) is 2.25. The van der Waals surface area contributed by atoms with Crippen molar-refractivity contribution in [2.45, 2.75) is 32.6 Å². The molecule has 2 N–H and O–H groups in total. The first kappa shape index (κ1) is 10.3. The van der Waals surface area contributed by atoms with Crippen LogP contribution < -0.4 is 10.6 Å². The van der Waals surface area contributed by atoms with Gasteiger partial charge in [0.1, 0.15) is 0 Å². The molecule has 1 aromatic rings. The Balaban J connectivity index is 2.21. The van der Waals surface area contributed by atoms with Crippen LogP contribution in [0.3, 0.4) is 0 Å². The Morgan fingerprint density at radius 2 is 2.00 bits per heavy atom. The van der Waals surface area contributed by atoms with E-state index in [1.54, 1.807) is 0 Å². The minimum Gasteiger partial charge on any atom is -0.399 e. The Labute approximate surface area is 92.1 Å². The molecule has 0 amide bonds. The van der Waals surface area contributed by atoms with E-state index in [4.69, 9.17) is 5.73 Å². The molecule has 1 aliphatic heterocycles. The summed E-state index contributed by atoms with van der Waals surface area (Å²) in [4.78, 5) is 2.46. The number of rotatable bonds is 3. The first-order valence-electron chi connectivity index (χ1n) is 5.94. The number of nitrogens with two attached hydrogens (primary N) is 1. The van der Waals surface area contributed by atoms with E-state index in [-0.39, 0.29) is 0 Å². The minimum atomic E-state index is 0.944. The number of nitrogens with zero attached hydrogens (tertiary/aromatic N) is 1. The van der Waals surface area contributed by atoms with Gasteiger partial charge in [0.05, 0.1) is 0 Å². The first-order valence-corrected chi connectivity index (χ1v) is 5.94. The number of hydrogen-bond acceptors (Lipinski definition) is 2. The second kappa shape index (κ2) is 4.56. The van der Waals surface area contributed by atoms with Crippen molar-refractivity contribution in [1.29, 1.82) is 0 Å². The van der Waals surface area contributed by atoms with Gasteiger partial charge in [-0.3, -0.25) is 0 Å². The smallest absolute Gasteiger partial charge is 0.0370 e. The highest BCUT2D eigenvalue weighted by Gasteiger charge is 2.12. The average Bonchev–Trinajstić information content (AvgIpc) is 2.75. The van der Waals surface area contributed by atoms with Crippen LogP contribution in [0.1, 0.15) is 31.7 Å². The van der Waals surface area contributed by atoms with Crippen LogP contribution in [0.25, 0.3) is 0 Å². The fraction of sp³-hybridized carbons (Fsp3) is 0.538. The van der Waals surface area contributed by atoms with Crippen molar-refractivity contribution in [3.8, 4) is 0 Å². The summed E-state index contributed by atoms with van der Waals surface area (Å²) in [5.74, 6) is 0. The molecule has 0 atom stereocenters. The SMILES string of the molecule is CCCc1cc(N2CCCC2)ccc1N. The zero-order valence-electron chi connectivity index (χ0n) is 9.50. The summed E-state index contributed by atoms with van der Waals surface area (Å²) in [6.07, 6.45) is 4.90. The van der Waals surface area contributed by atoms with Crippen LogP contribution >= 0.6 is 0 Å². The zero-order valence-corrected chi connectivity index (χ0v) is 9.50. The molecule has 82 valence electrons. The molecular weight excluding hydrogens is 184 g/mol. The highest BCUT2D eigenvalue weighted by atomic mass is 15.1. The van der Waals surface area contributed by atoms with Crippen LogP contribution in [0, 0.1) is 0 Å². The van der Waals surface area contributed by atoms with Gasteiger partial charge in [0.2, 0.25) is 0 Å². The summed E-state index contributed by atoms with van der Waals surface area (Å²) >= 11 is 0. The van der Waals surface area contributed by atoms with E-state index in [0.29, 0.717) is 0 Å². The Hall–Kier alpha value is -1.18. The summed E-state index contributed by atoms with van der Waals surface area (Å²) in [6, 6.07) is 6.47. The van der Waals surface area contributed by atoms with Crippen molar-refractivity contribution >= 4 is 11.4 Å². The quantitative estimate of drug-likeness (QED) is 0.767. The van der Waals surface area contributed by atoms with Crippen molar-refractivity contribution < 1.29 is 0 Å². The molecule has 1 aliphatic rings. The van der Waals surface area contributed by atoms with Gasteiger partial charge in [-0.2, -0.15) is 0 Å². The van der Waals surface area contributed by atoms with E-state index in [1.165, 1.54) is 37.2 Å². The molecule has 1 fully saturated rings. The van der Waals surface area contributed by atoms with Gasteiger partial charge in [-0.25, -0.2) is 0 Å². The van der Waals surface area contributed by atoms with Crippen LogP contribution in [0.15, 0.2) is 18.2 Å². The summed E-state index contributed by atoms with van der Waals surface area (Å²) < 4.78 is 0. The van der Waals surface area contributed by atoms with Gasteiger partial charge < -0.3 is 10.6 Å². The van der Waals surface area contributed by atoms with Crippen LogP contribution in [0.4, 0.5) is 11.4 Å². The molecule has 2 nitrogen and oxygen atoms in total. The third-order valence-corrected chi connectivity index (χ3v) is 3.12. The first-order chi connectivity index (χ1) is 7.31. The Morgan fingerprint density at radius 3 is 2.67 bits per heavy atom. The van der Waals surface area contributed by atoms with E-state index in [1.807, 2.05) is 0 Å². The van der Waals surface area contributed by atoms with Gasteiger partial charge >= 0.3 is 0 Å². The predicted molar refractivity (Wildman–Crippen MR) is 66.3 cm³/mol. The van der Waals surface area contributed by atoms with E-state index in [9.17, 15) is 0 Å². The molecule has 1 saturated heterocycles. The Kier molecular flexibility index (Phi) is 3.14. The summed E-state index contributed by atoms with van der Waals surface area (Å²) in [5, 5.41) is 0. The van der Waals surface area contributed by atoms with Gasteiger partial charge in [-0.1, -0.05) is 13.3 Å². The van der Waals surface area contributed by atoms with Crippen molar-refractivity contribution in [1.82, 2.24) is 0 Å². The van der Waals surface area contributed by atoms with Gasteiger partial charge in [-0.15, -0.1) is 0 Å². The summed E-state index contributed by atoms with van der Waals surface area (Å²) in [5.41, 5.74) is 9.56. The van der Waals surface area contributed by atoms with E-state index in [0.717, 1.165) is 18.5 Å². The Morgan fingerprint density at radius 1 is 1.27 bits per heavy atom. The largest absolute Gasteiger partial charge is 0.399 e. The lowest BCUT2D eigenvalue weighted by atomic mass is 10.1. The topological polar surface area (TPSA) is 29.3 Å². The number of aryl methyl sites for hydroxylation is 1. The van der Waals surface area contributed by atoms with Crippen LogP contribution in [-0.4, -0.2) is 13.1 Å². The van der Waals surface area contributed by atoms with E-state index >= 15 is 0 Å². The van der Waals surface area contributed by atoms with E-state index < -0.39 is 0 Å². The molecule has 15 heavy (non-hydrogen) atoms. The lowest BCUT2D eigenvalue weighted by Crippen LogP contribution is -2.17. The molecule has 1 aromatic carbocycles. The normalized spacial score (nSPS) is 15.9. The maximum Gasteiger partial charge on any atom is 0.0370 e. The van der Waals surface area contributed by atoms with Crippen molar-refractivity contribution in [3.05, 3.63) is 23.8 Å². The molecule has 2 heteroatoms. The van der Waals surface area contributed by atoms with Gasteiger partial charge in [0, 0.05) is 24.5 Å². The number of anilines is 2. The maximum atomic E-state index is 5.96. The summed E-state index contributed by atoms with van der Waals surface area (Å²) in [7, 11) is 0. The standard InChI is InChI=1S/C13H20N2/c1-2-5-11-10-12(6-7-13(11)14)15-8-3-4-9-15/h6-7,10H,2-5,8-9,14H2,1H3. The highest BCUT2D eigenvalue weighted by molar-refractivity contribution is 5.58. The molecule has 0 bridgehead atoms. The lowest BCUT2D eigenvalue weighted by molar-refractivity contribution is 0.916. The monoisotopic (exact) mass is 204 g/mol. The molecule has 1 heterocycles. The average molecular weight is 204 g/mol. The minimum absolute atomic E-state index is 0.944. The molecule has 0 aliphatic carbocycles. The van der Waals surface area contributed by atoms with Gasteiger partial charge in [0.25, 0.3) is 0 Å². The molecule has 0 radical (unpaired) electrons. The molecule has 0 saturated carbocycles. The number of benzene rings is 1. The fourth-order valence-corrected chi connectivity index (χ4v) is 2.25. The molecule has 0 aromatic heterocycles. The molecule has 2 rings (SSSR count). The van der Waals surface area contributed by atoms with Crippen LogP contribution in [-0.2, 0) is 6.42 Å². The van der Waals surface area contributed by atoms with Crippen LogP contribution in [0.2, 0.25) is 0 Å². The molecule has 0 unspecified atom stereocenters. The molecular formula is C13H20N2. The third-order valence-electron chi connectivity index (χ3n) is 3.12. The second-order valence-corrected chi connectivity index (χ2v) is 4.33. The predicted octanol–water partition coefficient (Wildman–Crippen LogP) is 2.82. The summed E-state index contributed by atoms with van der Waals surface area (Å²) in [6.45, 7) is 4.60. The maximum absolute atomic E-state index is 5.96. The fourth-order valence-electron chi connectivity index (χ4n) is 2.25. The second-order valence-electron chi connectivity index (χ2n) is 4.33. The van der Waals surface area contributed by atoms with Gasteiger partial charge in [-0.05, 0) is 43.0 Å². The Bertz CT molecular complexity index is 327. The lowest BCUT2D eigenvalue weighted by Gasteiger charge is -2.19. The van der Waals surface area contributed by atoms with E-state index in [2.05, 4.69) is 30.0 Å². The number of nitrogen functional groups attached to an aromatic ring is 1. The molecule has 0 spiro atoms. The van der Waals surface area contributed by atoms with Crippen molar-refractivity contribution in [2.75, 3.05) is 23.7 Å². The van der Waals surface area contributed by atoms with Crippen molar-refractivity contribution in [3.63, 3.8) is 0 Å². The zero-order chi connectivity index (χ0) is 10.7. The van der Waals surface area contributed by atoms with Gasteiger partial charge in [0.15, 0.2) is 0 Å².